The van der Waals surface area contributed by atoms with Crippen LogP contribution < -0.4 is 0 Å². The third-order valence-corrected chi connectivity index (χ3v) is 4.10. The molecule has 0 N–H and O–H groups in total. The molecule has 1 aliphatic heterocycles. The van der Waals surface area contributed by atoms with Crippen molar-refractivity contribution in [3.05, 3.63) is 24.2 Å². The summed E-state index contributed by atoms with van der Waals surface area (Å²) in [7, 11) is 0. The predicted molar refractivity (Wildman–Crippen MR) is 75.7 cm³/mol. The maximum atomic E-state index is 5.92. The van der Waals surface area contributed by atoms with Gasteiger partial charge in [0.25, 0.3) is 0 Å². The molecule has 0 unspecified atom stereocenters. The summed E-state index contributed by atoms with van der Waals surface area (Å²) in [5.41, 5.74) is 1.95. The monoisotopic (exact) mass is 279 g/mol. The second-order valence-corrected chi connectivity index (χ2v) is 5.64. The van der Waals surface area contributed by atoms with Gasteiger partial charge in [-0.3, -0.25) is 0 Å². The van der Waals surface area contributed by atoms with E-state index in [1.54, 1.807) is 0 Å². The smallest absolute Gasteiger partial charge is 0.160 e. The van der Waals surface area contributed by atoms with E-state index in [0.717, 1.165) is 49.5 Å². The minimum absolute atomic E-state index is 0.0305. The predicted octanol–water partition coefficient (Wildman–Crippen LogP) is 2.74. The first-order chi connectivity index (χ1) is 9.24. The number of imidazole rings is 1. The molecule has 102 valence electrons. The molecule has 1 saturated heterocycles. The van der Waals surface area contributed by atoms with E-state index in [9.17, 15) is 0 Å². The van der Waals surface area contributed by atoms with Crippen molar-refractivity contribution in [3.63, 3.8) is 0 Å². The van der Waals surface area contributed by atoms with Gasteiger partial charge in [-0.15, -0.1) is 11.6 Å². The Morgan fingerprint density at radius 3 is 2.95 bits per heavy atom. The molecule has 2 aromatic rings. The van der Waals surface area contributed by atoms with E-state index in [1.165, 1.54) is 0 Å². The molecule has 0 saturated carbocycles. The molecule has 3 rings (SSSR count). The van der Waals surface area contributed by atoms with E-state index in [-0.39, 0.29) is 5.54 Å². The first-order valence-electron chi connectivity index (χ1n) is 6.71. The lowest BCUT2D eigenvalue weighted by Crippen LogP contribution is -2.38. The first-order valence-corrected chi connectivity index (χ1v) is 7.24. The summed E-state index contributed by atoms with van der Waals surface area (Å²) in [5, 5.41) is 0. The quantitative estimate of drug-likeness (QED) is 0.811. The van der Waals surface area contributed by atoms with Gasteiger partial charge < -0.3 is 9.30 Å². The van der Waals surface area contributed by atoms with E-state index in [4.69, 9.17) is 21.3 Å². The van der Waals surface area contributed by atoms with Crippen LogP contribution in [0.2, 0.25) is 0 Å². The molecule has 5 heteroatoms. The molecule has 0 atom stereocenters. The highest BCUT2D eigenvalue weighted by atomic mass is 35.5. The molecule has 2 aromatic heterocycles. The molecule has 1 fully saturated rings. The summed E-state index contributed by atoms with van der Waals surface area (Å²) in [4.78, 5) is 9.22. The summed E-state index contributed by atoms with van der Waals surface area (Å²) in [6, 6.07) is 3.94. The van der Waals surface area contributed by atoms with Gasteiger partial charge >= 0.3 is 0 Å². The van der Waals surface area contributed by atoms with Gasteiger partial charge in [0.1, 0.15) is 11.3 Å². The van der Waals surface area contributed by atoms with Gasteiger partial charge in [-0.1, -0.05) is 0 Å². The minimum atomic E-state index is 0.0305. The zero-order valence-electron chi connectivity index (χ0n) is 11.1. The number of hydrogen-bond acceptors (Lipinski definition) is 3. The molecule has 0 radical (unpaired) electrons. The Morgan fingerprint density at radius 2 is 2.21 bits per heavy atom. The highest BCUT2D eigenvalue weighted by Gasteiger charge is 2.33. The molecule has 1 aliphatic rings. The number of hydrogen-bond donors (Lipinski definition) is 0. The fourth-order valence-electron chi connectivity index (χ4n) is 2.81. The third kappa shape index (κ3) is 2.23. The van der Waals surface area contributed by atoms with E-state index in [2.05, 4.69) is 16.5 Å². The summed E-state index contributed by atoms with van der Waals surface area (Å²) in [5.74, 6) is 1.61. The topological polar surface area (TPSA) is 39.9 Å². The van der Waals surface area contributed by atoms with Gasteiger partial charge in [0, 0.05) is 37.3 Å². The Kier molecular flexibility index (Phi) is 3.46. The van der Waals surface area contributed by atoms with Crippen molar-refractivity contribution >= 4 is 22.8 Å². The molecule has 0 aliphatic carbocycles. The molecular weight excluding hydrogens is 262 g/mol. The summed E-state index contributed by atoms with van der Waals surface area (Å²) < 4.78 is 7.78. The van der Waals surface area contributed by atoms with Crippen LogP contribution in [0.15, 0.2) is 18.3 Å². The molecule has 19 heavy (non-hydrogen) atoms. The van der Waals surface area contributed by atoms with E-state index >= 15 is 0 Å². The van der Waals surface area contributed by atoms with Crippen molar-refractivity contribution < 1.29 is 4.74 Å². The Hall–Kier alpha value is -1.13. The number of pyridine rings is 1. The lowest BCUT2D eigenvalue weighted by molar-refractivity contribution is 0.0299. The zero-order valence-corrected chi connectivity index (χ0v) is 11.9. The molecule has 0 spiro atoms. The summed E-state index contributed by atoms with van der Waals surface area (Å²) in [6.07, 6.45) is 4.58. The van der Waals surface area contributed by atoms with Gasteiger partial charge in [0.05, 0.1) is 0 Å². The summed E-state index contributed by atoms with van der Waals surface area (Å²) >= 11 is 5.92. The highest BCUT2D eigenvalue weighted by Crippen LogP contribution is 2.33. The van der Waals surface area contributed by atoms with Crippen LogP contribution in [0.3, 0.4) is 0 Å². The van der Waals surface area contributed by atoms with Crippen molar-refractivity contribution in [3.8, 4) is 0 Å². The Labute approximate surface area is 117 Å². The maximum Gasteiger partial charge on any atom is 0.160 e. The number of halogens is 1. The van der Waals surface area contributed by atoms with Crippen molar-refractivity contribution in [2.45, 2.75) is 31.7 Å². The Morgan fingerprint density at radius 1 is 1.42 bits per heavy atom. The van der Waals surface area contributed by atoms with Crippen LogP contribution in [0, 0.1) is 0 Å². The number of rotatable bonds is 3. The molecule has 0 amide bonds. The highest BCUT2D eigenvalue weighted by molar-refractivity contribution is 6.17. The standard InChI is InChI=1S/C14H18ClN3O/c1-14(5-9-19-10-6-14)18-12(4-7-15)17-11-3-2-8-16-13(11)18/h2-3,8H,4-7,9-10H2,1H3. The molecule has 0 aromatic carbocycles. The number of fused-ring (bicyclic) bond motifs is 1. The van der Waals surface area contributed by atoms with Crippen LogP contribution in [0.1, 0.15) is 25.6 Å². The molecule has 4 nitrogen and oxygen atoms in total. The van der Waals surface area contributed by atoms with Gasteiger partial charge in [-0.2, -0.15) is 0 Å². The molecule has 0 bridgehead atoms. The molecular formula is C14H18ClN3O. The second-order valence-electron chi connectivity index (χ2n) is 5.26. The maximum absolute atomic E-state index is 5.92. The van der Waals surface area contributed by atoms with Crippen molar-refractivity contribution in [2.75, 3.05) is 19.1 Å². The van der Waals surface area contributed by atoms with Crippen molar-refractivity contribution in [2.24, 2.45) is 0 Å². The van der Waals surface area contributed by atoms with Gasteiger partial charge in [-0.05, 0) is 31.9 Å². The second kappa shape index (κ2) is 5.10. The minimum Gasteiger partial charge on any atom is -0.381 e. The van der Waals surface area contributed by atoms with Crippen molar-refractivity contribution in [1.29, 1.82) is 0 Å². The number of ether oxygens (including phenoxy) is 1. The van der Waals surface area contributed by atoms with Crippen LogP contribution in [0.4, 0.5) is 0 Å². The number of alkyl halides is 1. The average Bonchev–Trinajstić information content (AvgIpc) is 2.78. The van der Waals surface area contributed by atoms with Gasteiger partial charge in [0.2, 0.25) is 0 Å². The first kappa shape index (κ1) is 12.9. The third-order valence-electron chi connectivity index (χ3n) is 3.91. The van der Waals surface area contributed by atoms with Crippen LogP contribution in [-0.2, 0) is 16.7 Å². The normalized spacial score (nSPS) is 18.8. The lowest BCUT2D eigenvalue weighted by Gasteiger charge is -2.36. The number of aromatic nitrogens is 3. The lowest BCUT2D eigenvalue weighted by atomic mass is 9.92. The zero-order chi connectivity index (χ0) is 13.3. The van der Waals surface area contributed by atoms with Crippen LogP contribution in [0.25, 0.3) is 11.2 Å². The largest absolute Gasteiger partial charge is 0.381 e. The van der Waals surface area contributed by atoms with E-state index in [0.29, 0.717) is 5.88 Å². The van der Waals surface area contributed by atoms with Crippen LogP contribution >= 0.6 is 11.6 Å². The van der Waals surface area contributed by atoms with Crippen molar-refractivity contribution in [1.82, 2.24) is 14.5 Å². The average molecular weight is 280 g/mol. The Balaban J connectivity index is 2.16. The van der Waals surface area contributed by atoms with Gasteiger partial charge in [0.15, 0.2) is 5.65 Å². The fraction of sp³-hybridized carbons (Fsp3) is 0.571. The van der Waals surface area contributed by atoms with Crippen LogP contribution in [0.5, 0.6) is 0 Å². The summed E-state index contributed by atoms with van der Waals surface area (Å²) in [6.45, 7) is 3.86. The Bertz CT molecular complexity index is 575. The fourth-order valence-corrected chi connectivity index (χ4v) is 2.98. The van der Waals surface area contributed by atoms with E-state index < -0.39 is 0 Å². The van der Waals surface area contributed by atoms with Crippen LogP contribution in [-0.4, -0.2) is 33.6 Å². The molecule has 3 heterocycles. The number of nitrogens with zero attached hydrogens (tertiary/aromatic N) is 3. The van der Waals surface area contributed by atoms with Gasteiger partial charge in [-0.25, -0.2) is 9.97 Å². The van der Waals surface area contributed by atoms with E-state index in [1.807, 2.05) is 18.3 Å². The SMILES string of the molecule is CC1(n2c(CCCl)nc3cccnc32)CCOCC1. The number of aryl methyl sites for hydroxylation is 1.